The second-order valence-electron chi connectivity index (χ2n) is 5.33. The van der Waals surface area contributed by atoms with Crippen molar-refractivity contribution < 1.29 is 0 Å². The molecule has 3 aromatic heterocycles. The van der Waals surface area contributed by atoms with Gasteiger partial charge >= 0.3 is 0 Å². The van der Waals surface area contributed by atoms with Gasteiger partial charge in [-0.2, -0.15) is 5.26 Å². The lowest BCUT2D eigenvalue weighted by Crippen LogP contribution is -1.96. The summed E-state index contributed by atoms with van der Waals surface area (Å²) in [6, 6.07) is 14.2. The van der Waals surface area contributed by atoms with Crippen LogP contribution in [0.3, 0.4) is 0 Å². The summed E-state index contributed by atoms with van der Waals surface area (Å²) in [7, 11) is 0. The first-order chi connectivity index (χ1) is 11.2. The van der Waals surface area contributed by atoms with E-state index in [1.807, 2.05) is 28.9 Å². The Morgan fingerprint density at radius 1 is 1.17 bits per heavy atom. The minimum atomic E-state index is 0.589. The van der Waals surface area contributed by atoms with E-state index < -0.39 is 0 Å². The Morgan fingerprint density at radius 2 is 2.09 bits per heavy atom. The summed E-state index contributed by atoms with van der Waals surface area (Å²) in [5, 5.41) is 10.2. The van der Waals surface area contributed by atoms with Crippen molar-refractivity contribution in [1.82, 2.24) is 14.4 Å². The smallest absolute Gasteiger partial charge is 0.138 e. The second kappa shape index (κ2) is 5.49. The van der Waals surface area contributed by atoms with E-state index in [2.05, 4.69) is 50.2 Å². The number of nitriles is 1. The van der Waals surface area contributed by atoms with Crippen molar-refractivity contribution in [3.05, 3.63) is 76.3 Å². The van der Waals surface area contributed by atoms with Gasteiger partial charge < -0.3 is 4.40 Å². The maximum atomic E-state index is 9.10. The van der Waals surface area contributed by atoms with E-state index in [1.165, 1.54) is 5.56 Å². The molecular weight excluding hydrogens is 352 g/mol. The molecule has 0 saturated heterocycles. The number of pyridine rings is 2. The standard InChI is InChI=1S/C18H11BrN4/c19-16-11-23-15(10-22-18(23)8-14(16)9-20)7-12-3-4-17-13(6-12)2-1-5-21-17/h1-6,8,10-11H,7H2. The van der Waals surface area contributed by atoms with E-state index in [0.717, 1.165) is 33.1 Å². The van der Waals surface area contributed by atoms with Crippen LogP contribution in [0.2, 0.25) is 0 Å². The maximum absolute atomic E-state index is 9.10. The van der Waals surface area contributed by atoms with Crippen LogP contribution in [0.15, 0.2) is 59.5 Å². The second-order valence-corrected chi connectivity index (χ2v) is 6.19. The van der Waals surface area contributed by atoms with E-state index in [9.17, 15) is 0 Å². The molecule has 0 bridgehead atoms. The topological polar surface area (TPSA) is 54.0 Å². The Bertz CT molecular complexity index is 1080. The van der Waals surface area contributed by atoms with E-state index in [-0.39, 0.29) is 0 Å². The molecule has 5 heteroatoms. The summed E-state index contributed by atoms with van der Waals surface area (Å²) in [6.45, 7) is 0. The van der Waals surface area contributed by atoms with Gasteiger partial charge in [0, 0.05) is 42.2 Å². The fourth-order valence-electron chi connectivity index (χ4n) is 2.71. The summed E-state index contributed by atoms with van der Waals surface area (Å²) in [4.78, 5) is 8.75. The number of imidazole rings is 1. The largest absolute Gasteiger partial charge is 0.303 e. The number of halogens is 1. The van der Waals surface area contributed by atoms with Gasteiger partial charge in [0.25, 0.3) is 0 Å². The lowest BCUT2D eigenvalue weighted by Gasteiger charge is -2.05. The number of hydrogen-bond acceptors (Lipinski definition) is 3. The van der Waals surface area contributed by atoms with Crippen molar-refractivity contribution in [2.45, 2.75) is 6.42 Å². The van der Waals surface area contributed by atoms with Crippen LogP contribution in [0.1, 0.15) is 16.8 Å². The van der Waals surface area contributed by atoms with Crippen LogP contribution in [0.4, 0.5) is 0 Å². The molecule has 0 N–H and O–H groups in total. The Balaban J connectivity index is 1.77. The highest BCUT2D eigenvalue weighted by atomic mass is 79.9. The molecular formula is C18H11BrN4. The van der Waals surface area contributed by atoms with Crippen LogP contribution in [0.25, 0.3) is 16.6 Å². The highest BCUT2D eigenvalue weighted by Crippen LogP contribution is 2.21. The molecule has 3 heterocycles. The Labute approximate surface area is 141 Å². The lowest BCUT2D eigenvalue weighted by atomic mass is 10.1. The molecule has 0 amide bonds. The van der Waals surface area contributed by atoms with Crippen LogP contribution >= 0.6 is 15.9 Å². The minimum Gasteiger partial charge on any atom is -0.303 e. The van der Waals surface area contributed by atoms with Gasteiger partial charge in [0.2, 0.25) is 0 Å². The molecule has 0 radical (unpaired) electrons. The monoisotopic (exact) mass is 362 g/mol. The van der Waals surface area contributed by atoms with Gasteiger partial charge in [-0.25, -0.2) is 4.98 Å². The summed E-state index contributed by atoms with van der Waals surface area (Å²) in [5.74, 6) is 0. The van der Waals surface area contributed by atoms with Crippen LogP contribution < -0.4 is 0 Å². The van der Waals surface area contributed by atoms with E-state index in [0.29, 0.717) is 5.56 Å². The third-order valence-corrected chi connectivity index (χ3v) is 4.48. The Hall–Kier alpha value is -2.71. The molecule has 0 aliphatic rings. The van der Waals surface area contributed by atoms with Gasteiger partial charge in [-0.05, 0) is 39.7 Å². The molecule has 0 aliphatic heterocycles. The molecule has 4 rings (SSSR count). The molecule has 23 heavy (non-hydrogen) atoms. The molecule has 4 aromatic rings. The van der Waals surface area contributed by atoms with Gasteiger partial charge in [-0.3, -0.25) is 4.98 Å². The normalized spacial score (nSPS) is 11.0. The molecule has 4 nitrogen and oxygen atoms in total. The van der Waals surface area contributed by atoms with Crippen LogP contribution in [-0.4, -0.2) is 14.4 Å². The van der Waals surface area contributed by atoms with Crippen molar-refractivity contribution in [3.63, 3.8) is 0 Å². The molecule has 0 atom stereocenters. The summed E-state index contributed by atoms with van der Waals surface area (Å²) >= 11 is 3.44. The van der Waals surface area contributed by atoms with Crippen LogP contribution in [-0.2, 0) is 6.42 Å². The Kier molecular flexibility index (Phi) is 3.32. The average molecular weight is 363 g/mol. The van der Waals surface area contributed by atoms with Crippen molar-refractivity contribution in [2.75, 3.05) is 0 Å². The first-order valence-corrected chi connectivity index (χ1v) is 7.93. The molecule has 0 fully saturated rings. The average Bonchev–Trinajstić information content (AvgIpc) is 2.96. The number of fused-ring (bicyclic) bond motifs is 2. The number of aromatic nitrogens is 3. The molecule has 1 aromatic carbocycles. The summed E-state index contributed by atoms with van der Waals surface area (Å²) < 4.78 is 2.78. The predicted octanol–water partition coefficient (Wildman–Crippen LogP) is 4.11. The number of rotatable bonds is 2. The van der Waals surface area contributed by atoms with Gasteiger partial charge in [0.05, 0.1) is 15.6 Å². The zero-order valence-electron chi connectivity index (χ0n) is 12.1. The number of hydrogen-bond donors (Lipinski definition) is 0. The quantitative estimate of drug-likeness (QED) is 0.539. The maximum Gasteiger partial charge on any atom is 0.138 e. The van der Waals surface area contributed by atoms with E-state index in [1.54, 1.807) is 12.3 Å². The van der Waals surface area contributed by atoms with Crippen molar-refractivity contribution >= 4 is 32.5 Å². The van der Waals surface area contributed by atoms with Gasteiger partial charge in [0.15, 0.2) is 0 Å². The molecule has 0 aliphatic carbocycles. The first-order valence-electron chi connectivity index (χ1n) is 7.14. The third-order valence-electron chi connectivity index (χ3n) is 3.85. The SMILES string of the molecule is N#Cc1cc2ncc(Cc3ccc4ncccc4c3)n2cc1Br. The molecule has 0 saturated carbocycles. The van der Waals surface area contributed by atoms with E-state index in [4.69, 9.17) is 5.26 Å². The molecule has 110 valence electrons. The fourth-order valence-corrected chi connectivity index (χ4v) is 3.12. The van der Waals surface area contributed by atoms with Crippen LogP contribution in [0, 0.1) is 11.3 Å². The highest BCUT2D eigenvalue weighted by Gasteiger charge is 2.09. The zero-order chi connectivity index (χ0) is 15.8. The fraction of sp³-hybridized carbons (Fsp3) is 0.0556. The van der Waals surface area contributed by atoms with Crippen molar-refractivity contribution in [2.24, 2.45) is 0 Å². The zero-order valence-corrected chi connectivity index (χ0v) is 13.7. The van der Waals surface area contributed by atoms with Gasteiger partial charge in [0.1, 0.15) is 11.7 Å². The third kappa shape index (κ3) is 2.47. The molecule has 0 spiro atoms. The summed E-state index contributed by atoms with van der Waals surface area (Å²) in [6.07, 6.45) is 6.33. The number of benzene rings is 1. The Morgan fingerprint density at radius 3 is 2.96 bits per heavy atom. The van der Waals surface area contributed by atoms with Crippen molar-refractivity contribution in [1.29, 1.82) is 5.26 Å². The predicted molar refractivity (Wildman–Crippen MR) is 92.2 cm³/mol. The van der Waals surface area contributed by atoms with Crippen molar-refractivity contribution in [3.8, 4) is 6.07 Å². The molecule has 0 unspecified atom stereocenters. The lowest BCUT2D eigenvalue weighted by molar-refractivity contribution is 1.02. The first kappa shape index (κ1) is 13.9. The number of nitrogens with zero attached hydrogens (tertiary/aromatic N) is 4. The van der Waals surface area contributed by atoms with E-state index >= 15 is 0 Å². The van der Waals surface area contributed by atoms with Gasteiger partial charge in [-0.1, -0.05) is 12.1 Å². The van der Waals surface area contributed by atoms with Gasteiger partial charge in [-0.15, -0.1) is 0 Å². The van der Waals surface area contributed by atoms with Crippen LogP contribution in [0.5, 0.6) is 0 Å². The minimum absolute atomic E-state index is 0.589. The summed E-state index contributed by atoms with van der Waals surface area (Å²) in [5.41, 5.74) is 4.64. The highest BCUT2D eigenvalue weighted by molar-refractivity contribution is 9.10.